The van der Waals surface area contributed by atoms with E-state index in [-0.39, 0.29) is 0 Å². The summed E-state index contributed by atoms with van der Waals surface area (Å²) in [6, 6.07) is 0. The number of hydrogen-bond acceptors (Lipinski definition) is 0. The maximum absolute atomic E-state index is 13.0. The van der Waals surface area contributed by atoms with E-state index < -0.39 is 8.32 Å². The molecule has 0 amide bonds. The second-order valence-corrected chi connectivity index (χ2v) is 10.3. The Kier molecular flexibility index (Phi) is 4.20. The minimum Gasteiger partial charge on any atom is -0.296 e. The normalized spacial score (nSPS) is 20.8. The summed E-state index contributed by atoms with van der Waals surface area (Å²) in [5.74, 6) is 0. The molecule has 1 rings (SSSR count). The first-order valence-corrected chi connectivity index (χ1v) is 8.34. The van der Waals surface area contributed by atoms with Crippen molar-refractivity contribution in [3.05, 3.63) is 0 Å². The van der Waals surface area contributed by atoms with Crippen LogP contribution in [0.4, 0.5) is 0 Å². The number of rotatable bonds is 3. The lowest BCUT2D eigenvalue weighted by atomic mass is 10.0. The molecule has 0 aliphatic heterocycles. The summed E-state index contributed by atoms with van der Waals surface area (Å²) in [5.41, 5.74) is 1.38. The van der Waals surface area contributed by atoms with Crippen LogP contribution in [0.1, 0.15) is 59.8 Å². The quantitative estimate of drug-likeness (QED) is 0.614. The van der Waals surface area contributed by atoms with Crippen molar-refractivity contribution < 1.29 is 4.80 Å². The van der Waals surface area contributed by atoms with E-state index in [9.17, 15) is 4.80 Å². The highest BCUT2D eigenvalue weighted by atomic mass is 28.4. The molecule has 1 aliphatic carbocycles. The van der Waals surface area contributed by atoms with Crippen LogP contribution in [0.25, 0.3) is 0 Å². The van der Waals surface area contributed by atoms with Crippen LogP contribution in [0.2, 0.25) is 16.6 Å². The summed E-state index contributed by atoms with van der Waals surface area (Å²) in [6.07, 6.45) is 6.43. The maximum atomic E-state index is 13.0. The van der Waals surface area contributed by atoms with E-state index in [4.69, 9.17) is 0 Å². The minimum absolute atomic E-state index is 0.408. The van der Waals surface area contributed by atoms with Gasteiger partial charge in [0, 0.05) is 0 Å². The van der Waals surface area contributed by atoms with E-state index in [2.05, 4.69) is 27.7 Å². The van der Waals surface area contributed by atoms with Gasteiger partial charge in [-0.25, -0.2) is 0 Å². The molecule has 0 aromatic heterocycles. The summed E-state index contributed by atoms with van der Waals surface area (Å²) < 4.78 is 0. The lowest BCUT2D eigenvalue weighted by Crippen LogP contribution is -2.45. The highest BCUT2D eigenvalue weighted by molar-refractivity contribution is 6.76. The van der Waals surface area contributed by atoms with Crippen LogP contribution in [0.3, 0.4) is 0 Å². The SMILES string of the molecule is CC(C)[Si]([O])(C(C)C)C1CCCCC1. The molecule has 0 N–H and O–H groups in total. The zero-order valence-corrected chi connectivity index (χ0v) is 11.2. The lowest BCUT2D eigenvalue weighted by molar-refractivity contribution is 0.340. The van der Waals surface area contributed by atoms with Crippen molar-refractivity contribution in [1.82, 2.24) is 0 Å². The van der Waals surface area contributed by atoms with Crippen molar-refractivity contribution in [2.24, 2.45) is 0 Å². The van der Waals surface area contributed by atoms with E-state index in [1.165, 1.54) is 32.1 Å². The lowest BCUT2D eigenvalue weighted by Gasteiger charge is -2.39. The predicted octanol–water partition coefficient (Wildman–Crippen LogP) is 4.52. The molecule has 0 atom stereocenters. The van der Waals surface area contributed by atoms with E-state index in [0.29, 0.717) is 16.6 Å². The summed E-state index contributed by atoms with van der Waals surface area (Å²) in [4.78, 5) is 13.0. The van der Waals surface area contributed by atoms with Crippen molar-refractivity contribution in [3.8, 4) is 0 Å². The average Bonchev–Trinajstić information content (AvgIpc) is 2.17. The molecule has 0 spiro atoms. The zero-order chi connectivity index (χ0) is 10.8. The first-order valence-electron chi connectivity index (χ1n) is 6.20. The summed E-state index contributed by atoms with van der Waals surface area (Å²) in [6.45, 7) is 8.64. The van der Waals surface area contributed by atoms with Crippen LogP contribution in [-0.4, -0.2) is 8.32 Å². The van der Waals surface area contributed by atoms with Gasteiger partial charge in [0.1, 0.15) is 0 Å². The first kappa shape index (κ1) is 12.2. The molecule has 0 unspecified atom stereocenters. The zero-order valence-electron chi connectivity index (χ0n) is 10.2. The summed E-state index contributed by atoms with van der Waals surface area (Å²) in [7, 11) is -2.25. The van der Waals surface area contributed by atoms with Gasteiger partial charge in [-0.15, -0.1) is 0 Å². The van der Waals surface area contributed by atoms with Gasteiger partial charge >= 0.3 is 0 Å². The van der Waals surface area contributed by atoms with Gasteiger partial charge in [-0.1, -0.05) is 59.8 Å². The van der Waals surface area contributed by atoms with Crippen LogP contribution in [0.15, 0.2) is 0 Å². The Balaban J connectivity index is 2.75. The molecule has 0 saturated heterocycles. The highest BCUT2D eigenvalue weighted by Gasteiger charge is 2.48. The van der Waals surface area contributed by atoms with Gasteiger partial charge in [0.15, 0.2) is 0 Å². The Hall–Kier alpha value is 0.177. The van der Waals surface area contributed by atoms with Gasteiger partial charge in [-0.05, 0) is 16.6 Å². The molecule has 14 heavy (non-hydrogen) atoms. The Morgan fingerprint density at radius 3 is 1.71 bits per heavy atom. The molecule has 0 aromatic rings. The molecular weight excluding hydrogens is 188 g/mol. The molecular formula is C12H25OSi. The monoisotopic (exact) mass is 213 g/mol. The molecule has 1 saturated carbocycles. The third-order valence-electron chi connectivity index (χ3n) is 4.05. The standard InChI is InChI=1S/C12H25OSi/c1-10(2)14(13,11(3)4)12-8-6-5-7-9-12/h10-12H,5-9H2,1-4H3. The molecule has 1 radical (unpaired) electrons. The number of hydrogen-bond donors (Lipinski definition) is 0. The molecule has 83 valence electrons. The molecule has 1 fully saturated rings. The van der Waals surface area contributed by atoms with Crippen LogP contribution >= 0.6 is 0 Å². The third-order valence-corrected chi connectivity index (χ3v) is 9.51. The Morgan fingerprint density at radius 1 is 0.929 bits per heavy atom. The van der Waals surface area contributed by atoms with Gasteiger partial charge < -0.3 is 0 Å². The average molecular weight is 213 g/mol. The van der Waals surface area contributed by atoms with Crippen molar-refractivity contribution in [1.29, 1.82) is 0 Å². The first-order chi connectivity index (χ1) is 6.49. The summed E-state index contributed by atoms with van der Waals surface area (Å²) in [5, 5.41) is 0. The van der Waals surface area contributed by atoms with Crippen LogP contribution < -0.4 is 0 Å². The van der Waals surface area contributed by atoms with E-state index in [0.717, 1.165) is 0 Å². The predicted molar refractivity (Wildman–Crippen MR) is 63.5 cm³/mol. The molecule has 0 aromatic carbocycles. The van der Waals surface area contributed by atoms with Crippen LogP contribution in [0, 0.1) is 0 Å². The maximum Gasteiger partial charge on any atom is 0.245 e. The Morgan fingerprint density at radius 2 is 1.36 bits per heavy atom. The molecule has 0 heterocycles. The van der Waals surface area contributed by atoms with Gasteiger partial charge in [0.05, 0.1) is 0 Å². The van der Waals surface area contributed by atoms with E-state index in [1.807, 2.05) is 0 Å². The van der Waals surface area contributed by atoms with Crippen LogP contribution in [-0.2, 0) is 4.80 Å². The molecule has 2 heteroatoms. The third kappa shape index (κ3) is 2.22. The molecule has 0 bridgehead atoms. The van der Waals surface area contributed by atoms with Crippen molar-refractivity contribution in [3.63, 3.8) is 0 Å². The van der Waals surface area contributed by atoms with Crippen LogP contribution in [0.5, 0.6) is 0 Å². The van der Waals surface area contributed by atoms with Gasteiger partial charge in [-0.2, -0.15) is 0 Å². The second-order valence-electron chi connectivity index (χ2n) is 5.50. The van der Waals surface area contributed by atoms with Gasteiger partial charge in [0.25, 0.3) is 0 Å². The van der Waals surface area contributed by atoms with Gasteiger partial charge in [-0.3, -0.25) is 4.80 Å². The fourth-order valence-electron chi connectivity index (χ4n) is 3.16. The van der Waals surface area contributed by atoms with Crippen molar-refractivity contribution in [2.45, 2.75) is 76.4 Å². The smallest absolute Gasteiger partial charge is 0.245 e. The van der Waals surface area contributed by atoms with E-state index in [1.54, 1.807) is 0 Å². The fraction of sp³-hybridized carbons (Fsp3) is 1.00. The van der Waals surface area contributed by atoms with Crippen molar-refractivity contribution in [2.75, 3.05) is 0 Å². The molecule has 1 nitrogen and oxygen atoms in total. The highest BCUT2D eigenvalue weighted by Crippen LogP contribution is 2.46. The largest absolute Gasteiger partial charge is 0.296 e. The van der Waals surface area contributed by atoms with Gasteiger partial charge in [0.2, 0.25) is 8.32 Å². The minimum atomic E-state index is -2.25. The summed E-state index contributed by atoms with van der Waals surface area (Å²) >= 11 is 0. The Labute approximate surface area is 90.0 Å². The van der Waals surface area contributed by atoms with E-state index >= 15 is 0 Å². The second kappa shape index (κ2) is 4.80. The fourth-order valence-corrected chi connectivity index (χ4v) is 7.69. The van der Waals surface area contributed by atoms with Crippen molar-refractivity contribution >= 4 is 8.32 Å². The topological polar surface area (TPSA) is 19.9 Å². The Bertz CT molecular complexity index is 163. The molecule has 1 aliphatic rings.